The molecule has 20 heavy (non-hydrogen) atoms. The monoisotopic (exact) mass is 274 g/mol. The molecule has 0 aliphatic heterocycles. The molecule has 0 aliphatic carbocycles. The molecule has 0 saturated carbocycles. The van der Waals surface area contributed by atoms with Gasteiger partial charge in [0.05, 0.1) is 13.2 Å². The van der Waals surface area contributed by atoms with Crippen molar-refractivity contribution in [3.8, 4) is 17.6 Å². The molecule has 1 aromatic carbocycles. The summed E-state index contributed by atoms with van der Waals surface area (Å²) in [5, 5.41) is 11.8. The SMILES string of the molecule is C=CCOc1ccc(CNCCCCC#N)cc1OC. The van der Waals surface area contributed by atoms with E-state index in [1.54, 1.807) is 13.2 Å². The van der Waals surface area contributed by atoms with E-state index in [0.717, 1.165) is 43.0 Å². The van der Waals surface area contributed by atoms with Crippen molar-refractivity contribution in [2.24, 2.45) is 0 Å². The summed E-state index contributed by atoms with van der Waals surface area (Å²) >= 11 is 0. The quantitative estimate of drug-likeness (QED) is 0.526. The molecule has 4 heteroatoms. The van der Waals surface area contributed by atoms with Gasteiger partial charge in [0.1, 0.15) is 6.61 Å². The van der Waals surface area contributed by atoms with Gasteiger partial charge in [-0.1, -0.05) is 18.7 Å². The van der Waals surface area contributed by atoms with Crippen molar-refractivity contribution in [3.63, 3.8) is 0 Å². The van der Waals surface area contributed by atoms with E-state index in [1.165, 1.54) is 0 Å². The molecule has 0 aromatic heterocycles. The lowest BCUT2D eigenvalue weighted by Crippen LogP contribution is -2.14. The number of ether oxygens (including phenoxy) is 2. The van der Waals surface area contributed by atoms with Crippen molar-refractivity contribution in [1.82, 2.24) is 5.32 Å². The molecule has 0 spiro atoms. The van der Waals surface area contributed by atoms with Gasteiger partial charge in [-0.2, -0.15) is 5.26 Å². The summed E-state index contributed by atoms with van der Waals surface area (Å²) in [4.78, 5) is 0. The number of unbranched alkanes of at least 4 members (excludes halogenated alkanes) is 2. The predicted molar refractivity (Wildman–Crippen MR) is 79.9 cm³/mol. The first-order valence-electron chi connectivity index (χ1n) is 6.80. The molecule has 1 rings (SSSR count). The van der Waals surface area contributed by atoms with Crippen molar-refractivity contribution >= 4 is 0 Å². The van der Waals surface area contributed by atoms with Gasteiger partial charge in [-0.15, -0.1) is 0 Å². The highest BCUT2D eigenvalue weighted by Crippen LogP contribution is 2.28. The average Bonchev–Trinajstić information content (AvgIpc) is 2.49. The first-order chi connectivity index (χ1) is 9.81. The summed E-state index contributed by atoms with van der Waals surface area (Å²) in [5.74, 6) is 1.46. The van der Waals surface area contributed by atoms with Crippen LogP contribution in [0.3, 0.4) is 0 Å². The number of hydrogen-bond acceptors (Lipinski definition) is 4. The minimum Gasteiger partial charge on any atom is -0.493 e. The lowest BCUT2D eigenvalue weighted by molar-refractivity contribution is 0.326. The fourth-order valence-electron chi connectivity index (χ4n) is 1.78. The van der Waals surface area contributed by atoms with Crippen molar-refractivity contribution in [2.75, 3.05) is 20.3 Å². The lowest BCUT2D eigenvalue weighted by atomic mass is 10.2. The van der Waals surface area contributed by atoms with Crippen LogP contribution in [0.2, 0.25) is 0 Å². The van der Waals surface area contributed by atoms with Crippen molar-refractivity contribution in [2.45, 2.75) is 25.8 Å². The number of nitriles is 1. The van der Waals surface area contributed by atoms with Gasteiger partial charge in [-0.25, -0.2) is 0 Å². The Bertz CT molecular complexity index is 452. The Labute approximate surface area is 121 Å². The van der Waals surface area contributed by atoms with Crippen LogP contribution in [-0.2, 0) is 6.54 Å². The molecule has 0 heterocycles. The van der Waals surface area contributed by atoms with E-state index in [1.807, 2.05) is 18.2 Å². The third-order valence-electron chi connectivity index (χ3n) is 2.81. The minimum absolute atomic E-state index is 0.465. The van der Waals surface area contributed by atoms with Crippen LogP contribution in [0, 0.1) is 11.3 Å². The van der Waals surface area contributed by atoms with Crippen LogP contribution < -0.4 is 14.8 Å². The molecule has 0 amide bonds. The van der Waals surface area contributed by atoms with Crippen LogP contribution in [0.15, 0.2) is 30.9 Å². The van der Waals surface area contributed by atoms with Crippen LogP contribution in [0.25, 0.3) is 0 Å². The highest BCUT2D eigenvalue weighted by Gasteiger charge is 2.05. The Hall–Kier alpha value is -1.99. The first kappa shape index (κ1) is 16.1. The number of benzene rings is 1. The maximum atomic E-state index is 8.44. The van der Waals surface area contributed by atoms with Gasteiger partial charge in [0.2, 0.25) is 0 Å². The van der Waals surface area contributed by atoms with E-state index in [2.05, 4.69) is 18.0 Å². The van der Waals surface area contributed by atoms with E-state index in [4.69, 9.17) is 14.7 Å². The van der Waals surface area contributed by atoms with Crippen molar-refractivity contribution < 1.29 is 9.47 Å². The second-order valence-corrected chi connectivity index (χ2v) is 4.38. The molecular formula is C16H22N2O2. The predicted octanol–water partition coefficient (Wildman–Crippen LogP) is 3.04. The molecule has 0 atom stereocenters. The average molecular weight is 274 g/mol. The van der Waals surface area contributed by atoms with Gasteiger partial charge in [-0.3, -0.25) is 0 Å². The van der Waals surface area contributed by atoms with Gasteiger partial charge in [-0.05, 0) is 37.1 Å². The first-order valence-corrected chi connectivity index (χ1v) is 6.80. The summed E-state index contributed by atoms with van der Waals surface area (Å²) in [6, 6.07) is 8.05. The molecule has 0 bridgehead atoms. The van der Waals surface area contributed by atoms with E-state index in [0.29, 0.717) is 13.0 Å². The standard InChI is InChI=1S/C16H22N2O2/c1-3-11-20-15-8-7-14(12-16(15)19-2)13-18-10-6-4-5-9-17/h3,7-8,12,18H,1,4-6,10-11,13H2,2H3. The molecule has 1 N–H and O–H groups in total. The normalized spacial score (nSPS) is 9.80. The Morgan fingerprint density at radius 3 is 2.90 bits per heavy atom. The highest BCUT2D eigenvalue weighted by molar-refractivity contribution is 5.43. The molecular weight excluding hydrogens is 252 g/mol. The smallest absolute Gasteiger partial charge is 0.161 e. The van der Waals surface area contributed by atoms with Crippen LogP contribution in [0.1, 0.15) is 24.8 Å². The van der Waals surface area contributed by atoms with Gasteiger partial charge >= 0.3 is 0 Å². The fourth-order valence-corrected chi connectivity index (χ4v) is 1.78. The second kappa shape index (κ2) is 9.88. The van der Waals surface area contributed by atoms with Crippen molar-refractivity contribution in [1.29, 1.82) is 5.26 Å². The van der Waals surface area contributed by atoms with E-state index in [9.17, 15) is 0 Å². The van der Waals surface area contributed by atoms with Crippen LogP contribution >= 0.6 is 0 Å². The Kier molecular flexibility index (Phi) is 7.93. The summed E-state index contributed by atoms with van der Waals surface area (Å²) in [7, 11) is 1.63. The van der Waals surface area contributed by atoms with Crippen LogP contribution in [0.4, 0.5) is 0 Å². The molecule has 0 fully saturated rings. The van der Waals surface area contributed by atoms with Crippen molar-refractivity contribution in [3.05, 3.63) is 36.4 Å². The maximum absolute atomic E-state index is 8.44. The van der Waals surface area contributed by atoms with Gasteiger partial charge in [0.25, 0.3) is 0 Å². The molecule has 0 unspecified atom stereocenters. The number of rotatable bonds is 10. The van der Waals surface area contributed by atoms with E-state index >= 15 is 0 Å². The molecule has 4 nitrogen and oxygen atoms in total. The third-order valence-corrected chi connectivity index (χ3v) is 2.81. The van der Waals surface area contributed by atoms with Crippen LogP contribution in [-0.4, -0.2) is 20.3 Å². The number of nitrogens with one attached hydrogen (secondary N) is 1. The van der Waals surface area contributed by atoms with Gasteiger partial charge < -0.3 is 14.8 Å². The highest BCUT2D eigenvalue weighted by atomic mass is 16.5. The third kappa shape index (κ3) is 5.77. The largest absolute Gasteiger partial charge is 0.493 e. The van der Waals surface area contributed by atoms with E-state index < -0.39 is 0 Å². The van der Waals surface area contributed by atoms with E-state index in [-0.39, 0.29) is 0 Å². The maximum Gasteiger partial charge on any atom is 0.161 e. The molecule has 0 radical (unpaired) electrons. The summed E-state index contributed by atoms with van der Waals surface area (Å²) in [5.41, 5.74) is 1.15. The molecule has 0 saturated heterocycles. The number of nitrogens with zero attached hydrogens (tertiary/aromatic N) is 1. The summed E-state index contributed by atoms with van der Waals surface area (Å²) < 4.78 is 10.8. The van der Waals surface area contributed by atoms with Gasteiger partial charge in [0, 0.05) is 13.0 Å². The molecule has 1 aromatic rings. The number of methoxy groups -OCH3 is 1. The zero-order chi connectivity index (χ0) is 14.6. The fraction of sp³-hybridized carbons (Fsp3) is 0.438. The number of hydrogen-bond donors (Lipinski definition) is 1. The topological polar surface area (TPSA) is 54.3 Å². The van der Waals surface area contributed by atoms with Gasteiger partial charge in [0.15, 0.2) is 11.5 Å². The lowest BCUT2D eigenvalue weighted by Gasteiger charge is -2.11. The Balaban J connectivity index is 2.43. The minimum atomic E-state index is 0.465. The Morgan fingerprint density at radius 2 is 2.20 bits per heavy atom. The second-order valence-electron chi connectivity index (χ2n) is 4.38. The summed E-state index contributed by atoms with van der Waals surface area (Å²) in [6.45, 7) is 5.79. The van der Waals surface area contributed by atoms with Crippen LogP contribution in [0.5, 0.6) is 11.5 Å². The zero-order valence-corrected chi connectivity index (χ0v) is 12.0. The summed E-state index contributed by atoms with van der Waals surface area (Å²) in [6.07, 6.45) is 4.30. The molecule has 0 aliphatic rings. The Morgan fingerprint density at radius 1 is 1.35 bits per heavy atom. The molecule has 108 valence electrons. The zero-order valence-electron chi connectivity index (χ0n) is 12.0.